The van der Waals surface area contributed by atoms with Crippen molar-refractivity contribution in [1.82, 2.24) is 21.3 Å². The predicted molar refractivity (Wildman–Crippen MR) is 276 cm³/mol. The van der Waals surface area contributed by atoms with Crippen LogP contribution in [0.3, 0.4) is 0 Å². The summed E-state index contributed by atoms with van der Waals surface area (Å²) in [5, 5.41) is 11.5. The van der Waals surface area contributed by atoms with Gasteiger partial charge in [0.25, 0.3) is 5.91 Å². The molecule has 374 valence electrons. The number of carbonyl (C=O) groups is 5. The zero-order chi connectivity index (χ0) is 48.0. The van der Waals surface area contributed by atoms with E-state index in [0.29, 0.717) is 37.9 Å². The monoisotopic (exact) mass is 919 g/mol. The summed E-state index contributed by atoms with van der Waals surface area (Å²) in [6, 6.07) is 5.75. The first-order valence-corrected chi connectivity index (χ1v) is 26.5. The Kier molecular flexibility index (Phi) is 40.6. The fourth-order valence-corrected chi connectivity index (χ4v) is 7.63. The number of allylic oxidation sites excluding steroid dienone is 4. The van der Waals surface area contributed by atoms with Gasteiger partial charge in [-0.25, -0.2) is 0 Å². The van der Waals surface area contributed by atoms with Gasteiger partial charge in [-0.15, -0.1) is 0 Å². The normalized spacial score (nSPS) is 12.5. The number of benzene rings is 1. The lowest BCUT2D eigenvalue weighted by Crippen LogP contribution is -2.53. The van der Waals surface area contributed by atoms with E-state index in [1.165, 1.54) is 96.3 Å². The summed E-state index contributed by atoms with van der Waals surface area (Å²) in [4.78, 5) is 66.6. The van der Waals surface area contributed by atoms with Gasteiger partial charge in [-0.2, -0.15) is 0 Å². The molecule has 0 aliphatic heterocycles. The van der Waals surface area contributed by atoms with Crippen LogP contribution in [-0.2, 0) is 19.2 Å². The van der Waals surface area contributed by atoms with E-state index in [1.807, 2.05) is 0 Å². The summed E-state index contributed by atoms with van der Waals surface area (Å²) in [5.74, 6) is -0.823. The minimum atomic E-state index is -0.879. The van der Waals surface area contributed by atoms with Crippen LogP contribution in [0.4, 0.5) is 0 Å². The highest BCUT2D eigenvalue weighted by Gasteiger charge is 2.21. The number of aliphatic imine (C=N–C) groups is 1. The topological polar surface area (TPSA) is 172 Å². The van der Waals surface area contributed by atoms with E-state index in [-0.39, 0.29) is 36.7 Å². The third-order valence-electron chi connectivity index (χ3n) is 11.9. The number of nitrogens with zero attached hydrogens (tertiary/aromatic N) is 1. The van der Waals surface area contributed by atoms with Crippen LogP contribution in [0, 0.1) is 0 Å². The molecule has 6 N–H and O–H groups in total. The van der Waals surface area contributed by atoms with Gasteiger partial charge in [0.1, 0.15) is 12.3 Å². The molecule has 1 aromatic carbocycles. The molecule has 4 amide bonds. The summed E-state index contributed by atoms with van der Waals surface area (Å²) in [6.07, 6.45) is 45.5. The van der Waals surface area contributed by atoms with Gasteiger partial charge in [0, 0.05) is 44.3 Å². The van der Waals surface area contributed by atoms with Crippen LogP contribution < -0.4 is 27.0 Å². The Bertz CT molecular complexity index is 1460. The maximum absolute atomic E-state index is 13.3. The standard InChI is InChI=1S/C55H94N6O5/c1-3-5-7-9-11-13-15-17-19-21-23-25-27-29-31-36-52(63)60-46-51(61-53(64)37-32-30-28-26-24-22-20-18-16-14-12-10-8-6-4-2)55(66)59-44-43-57-45-48-38-40-49(41-39-48)54(65)58-42-34-33-35-50(56)47-62/h17-20,38-41,45,47,50-51H,3-16,21-37,42-44,46,56H2,1-2H3,(H,58,65)(H,59,66)(H,60,63)(H,61,64)/b19-17-,20-18-,57-45-. The Hall–Kier alpha value is -4.12. The average molecular weight is 919 g/mol. The van der Waals surface area contributed by atoms with Crippen LogP contribution >= 0.6 is 0 Å². The van der Waals surface area contributed by atoms with E-state index in [9.17, 15) is 24.0 Å². The Morgan fingerprint density at radius 3 is 1.56 bits per heavy atom. The van der Waals surface area contributed by atoms with Crippen molar-refractivity contribution < 1.29 is 24.0 Å². The lowest BCUT2D eigenvalue weighted by atomic mass is 10.1. The fraction of sp³-hybridized carbons (Fsp3) is 0.709. The maximum atomic E-state index is 13.3. The highest BCUT2D eigenvalue weighted by Crippen LogP contribution is 2.12. The second kappa shape index (κ2) is 44.7. The van der Waals surface area contributed by atoms with E-state index in [0.717, 1.165) is 95.3 Å². The van der Waals surface area contributed by atoms with Crippen molar-refractivity contribution in [1.29, 1.82) is 0 Å². The van der Waals surface area contributed by atoms with Gasteiger partial charge in [-0.3, -0.25) is 24.2 Å². The lowest BCUT2D eigenvalue weighted by molar-refractivity contribution is -0.129. The molecule has 0 aliphatic rings. The molecular formula is C55H94N6O5. The molecule has 0 spiro atoms. The molecule has 11 heteroatoms. The van der Waals surface area contributed by atoms with E-state index >= 15 is 0 Å². The number of unbranched alkanes of at least 4 members (excludes halogenated alkanes) is 23. The second-order valence-corrected chi connectivity index (χ2v) is 18.1. The molecule has 1 aromatic rings. The van der Waals surface area contributed by atoms with Crippen LogP contribution in [-0.4, -0.2) is 74.4 Å². The predicted octanol–water partition coefficient (Wildman–Crippen LogP) is 11.3. The molecule has 2 atom stereocenters. The SMILES string of the molecule is CCCCCCCC/C=C\CCCCCCCC(=O)NCC(NC(=O)CCCCCCC/C=C\CCCCCCCC)C(=O)NCC/N=C\c1ccc(C(=O)NCCCCC(N)C=O)cc1. The number of aldehydes is 1. The van der Waals surface area contributed by atoms with Crippen LogP contribution in [0.15, 0.2) is 53.6 Å². The molecule has 0 saturated carbocycles. The van der Waals surface area contributed by atoms with Crippen LogP contribution in [0.2, 0.25) is 0 Å². The number of rotatable bonds is 45. The third-order valence-corrected chi connectivity index (χ3v) is 11.9. The minimum Gasteiger partial charge on any atom is -0.353 e. The molecule has 0 aliphatic carbocycles. The Morgan fingerprint density at radius 1 is 0.561 bits per heavy atom. The van der Waals surface area contributed by atoms with Crippen molar-refractivity contribution in [2.45, 2.75) is 225 Å². The minimum absolute atomic E-state index is 0.0331. The number of carbonyl (C=O) groups excluding carboxylic acids is 5. The summed E-state index contributed by atoms with van der Waals surface area (Å²) in [5.41, 5.74) is 6.96. The molecule has 0 fully saturated rings. The van der Waals surface area contributed by atoms with Gasteiger partial charge in [0.05, 0.1) is 12.6 Å². The number of amides is 4. The lowest BCUT2D eigenvalue weighted by Gasteiger charge is -2.19. The van der Waals surface area contributed by atoms with Gasteiger partial charge >= 0.3 is 0 Å². The molecule has 0 radical (unpaired) electrons. The van der Waals surface area contributed by atoms with Gasteiger partial charge < -0.3 is 31.8 Å². The summed E-state index contributed by atoms with van der Waals surface area (Å²) < 4.78 is 0. The highest BCUT2D eigenvalue weighted by molar-refractivity contribution is 5.95. The number of hydrogen-bond acceptors (Lipinski definition) is 7. The summed E-state index contributed by atoms with van der Waals surface area (Å²) in [6.45, 7) is 5.63. The molecular weight excluding hydrogens is 825 g/mol. The van der Waals surface area contributed by atoms with Crippen molar-refractivity contribution in [3.63, 3.8) is 0 Å². The van der Waals surface area contributed by atoms with E-state index in [4.69, 9.17) is 5.73 Å². The van der Waals surface area contributed by atoms with Crippen molar-refractivity contribution in [3.8, 4) is 0 Å². The Balaban J connectivity index is 2.47. The zero-order valence-corrected chi connectivity index (χ0v) is 41.7. The number of hydrogen-bond donors (Lipinski definition) is 5. The van der Waals surface area contributed by atoms with Gasteiger partial charge in [-0.05, 0) is 101 Å². The molecule has 0 heterocycles. The first-order valence-electron chi connectivity index (χ1n) is 26.5. The second-order valence-electron chi connectivity index (χ2n) is 18.1. The quantitative estimate of drug-likeness (QED) is 0.0189. The number of nitrogens with two attached hydrogens (primary N) is 1. The van der Waals surface area contributed by atoms with Crippen LogP contribution in [0.1, 0.15) is 229 Å². The third kappa shape index (κ3) is 37.0. The highest BCUT2D eigenvalue weighted by atomic mass is 16.2. The largest absolute Gasteiger partial charge is 0.353 e. The Morgan fingerprint density at radius 2 is 1.05 bits per heavy atom. The first-order chi connectivity index (χ1) is 32.3. The van der Waals surface area contributed by atoms with Gasteiger partial charge in [0.15, 0.2) is 0 Å². The van der Waals surface area contributed by atoms with E-state index in [2.05, 4.69) is 64.4 Å². The molecule has 66 heavy (non-hydrogen) atoms. The average Bonchev–Trinajstić information content (AvgIpc) is 3.32. The van der Waals surface area contributed by atoms with Crippen molar-refractivity contribution in [2.24, 2.45) is 10.7 Å². The summed E-state index contributed by atoms with van der Waals surface area (Å²) in [7, 11) is 0. The smallest absolute Gasteiger partial charge is 0.251 e. The van der Waals surface area contributed by atoms with Gasteiger partial charge in [-0.1, -0.05) is 153 Å². The first kappa shape index (κ1) is 59.9. The van der Waals surface area contributed by atoms with Crippen molar-refractivity contribution in [2.75, 3.05) is 26.2 Å². The fourth-order valence-electron chi connectivity index (χ4n) is 7.63. The van der Waals surface area contributed by atoms with E-state index < -0.39 is 12.1 Å². The molecule has 11 nitrogen and oxygen atoms in total. The Labute approximate surface area is 401 Å². The molecule has 0 aromatic heterocycles. The van der Waals surface area contributed by atoms with Crippen molar-refractivity contribution in [3.05, 3.63) is 59.7 Å². The molecule has 0 bridgehead atoms. The zero-order valence-electron chi connectivity index (χ0n) is 41.7. The molecule has 0 saturated heterocycles. The molecule has 2 unspecified atom stereocenters. The maximum Gasteiger partial charge on any atom is 0.251 e. The molecule has 1 rings (SSSR count). The summed E-state index contributed by atoms with van der Waals surface area (Å²) >= 11 is 0. The van der Waals surface area contributed by atoms with Gasteiger partial charge in [0.2, 0.25) is 17.7 Å². The van der Waals surface area contributed by atoms with Crippen molar-refractivity contribution >= 4 is 36.1 Å². The van der Waals surface area contributed by atoms with E-state index in [1.54, 1.807) is 30.5 Å². The van der Waals surface area contributed by atoms with Crippen LogP contribution in [0.25, 0.3) is 0 Å². The van der Waals surface area contributed by atoms with Crippen LogP contribution in [0.5, 0.6) is 0 Å². The number of nitrogens with one attached hydrogen (secondary N) is 4.